The average Bonchev–Trinajstić information content (AvgIpc) is 2.58. The Morgan fingerprint density at radius 2 is 1.86 bits per heavy atom. The number of hydrogen-bond donors (Lipinski definition) is 2. The van der Waals surface area contributed by atoms with E-state index in [1.54, 1.807) is 24.3 Å². The Kier molecular flexibility index (Phi) is 5.94. The van der Waals surface area contributed by atoms with E-state index in [-0.39, 0.29) is 6.61 Å². The van der Waals surface area contributed by atoms with Crippen LogP contribution in [0.15, 0.2) is 54.6 Å². The summed E-state index contributed by atoms with van der Waals surface area (Å²) in [6.07, 6.45) is -1.07. The maximum atomic E-state index is 11.8. The van der Waals surface area contributed by atoms with Gasteiger partial charge in [0.2, 0.25) is 0 Å². The molecule has 0 saturated carbocycles. The molecule has 5 nitrogen and oxygen atoms in total. The molecule has 0 aliphatic carbocycles. The Labute approximate surface area is 128 Å². The Morgan fingerprint density at radius 3 is 2.59 bits per heavy atom. The van der Waals surface area contributed by atoms with Gasteiger partial charge in [-0.05, 0) is 23.8 Å². The molecule has 2 N–H and O–H groups in total. The van der Waals surface area contributed by atoms with Crippen LogP contribution in [-0.4, -0.2) is 35.5 Å². The largest absolute Gasteiger partial charge is 0.489 e. The van der Waals surface area contributed by atoms with Crippen molar-refractivity contribution in [2.24, 2.45) is 0 Å². The monoisotopic (exact) mass is 302 g/mol. The number of benzene rings is 2. The Morgan fingerprint density at radius 1 is 1.09 bits per heavy atom. The topological polar surface area (TPSA) is 76.0 Å². The van der Waals surface area contributed by atoms with E-state index in [1.807, 2.05) is 30.3 Å². The summed E-state index contributed by atoms with van der Waals surface area (Å²) in [5.41, 5.74) is 1.36. The molecule has 1 atom stereocenters. The predicted molar refractivity (Wildman–Crippen MR) is 80.6 cm³/mol. The molecule has 22 heavy (non-hydrogen) atoms. The van der Waals surface area contributed by atoms with E-state index in [9.17, 15) is 4.79 Å². The summed E-state index contributed by atoms with van der Waals surface area (Å²) in [6, 6.07) is 16.3. The van der Waals surface area contributed by atoms with Crippen molar-refractivity contribution in [2.45, 2.75) is 12.7 Å². The van der Waals surface area contributed by atoms with E-state index < -0.39 is 18.7 Å². The first kappa shape index (κ1) is 16.0. The fourth-order valence-corrected chi connectivity index (χ4v) is 1.76. The maximum absolute atomic E-state index is 11.8. The van der Waals surface area contributed by atoms with Gasteiger partial charge in [0.25, 0.3) is 0 Å². The van der Waals surface area contributed by atoms with E-state index in [2.05, 4.69) is 0 Å². The van der Waals surface area contributed by atoms with Gasteiger partial charge in [-0.1, -0.05) is 36.4 Å². The Balaban J connectivity index is 1.93. The van der Waals surface area contributed by atoms with Gasteiger partial charge in [0.1, 0.15) is 25.1 Å². The first-order chi connectivity index (χ1) is 10.7. The van der Waals surface area contributed by atoms with Crippen LogP contribution in [0.25, 0.3) is 0 Å². The van der Waals surface area contributed by atoms with Crippen molar-refractivity contribution < 1.29 is 24.5 Å². The summed E-state index contributed by atoms with van der Waals surface area (Å²) in [4.78, 5) is 11.8. The first-order valence-corrected chi connectivity index (χ1v) is 6.92. The fraction of sp³-hybridized carbons (Fsp3) is 0.235. The molecule has 2 aromatic carbocycles. The van der Waals surface area contributed by atoms with Gasteiger partial charge in [0.15, 0.2) is 0 Å². The second kappa shape index (κ2) is 8.17. The molecule has 0 aliphatic rings. The van der Waals surface area contributed by atoms with E-state index in [4.69, 9.17) is 19.7 Å². The van der Waals surface area contributed by atoms with E-state index >= 15 is 0 Å². The number of hydrogen-bond acceptors (Lipinski definition) is 5. The third-order valence-electron chi connectivity index (χ3n) is 2.94. The number of carbonyl (C=O) groups is 1. The van der Waals surface area contributed by atoms with Crippen molar-refractivity contribution in [1.82, 2.24) is 0 Å². The molecule has 116 valence electrons. The molecule has 0 bridgehead atoms. The normalized spacial score (nSPS) is 11.7. The van der Waals surface area contributed by atoms with Crippen molar-refractivity contribution in [3.05, 3.63) is 65.7 Å². The molecular formula is C17H18O5. The molecule has 0 aliphatic heterocycles. The molecule has 2 rings (SSSR count). The number of aliphatic hydroxyl groups is 2. The lowest BCUT2D eigenvalue weighted by atomic mass is 10.2. The lowest BCUT2D eigenvalue weighted by molar-refractivity contribution is 0.00930. The molecule has 0 aromatic heterocycles. The van der Waals surface area contributed by atoms with Crippen molar-refractivity contribution in [2.75, 3.05) is 13.2 Å². The van der Waals surface area contributed by atoms with Gasteiger partial charge in [0.05, 0.1) is 12.2 Å². The van der Waals surface area contributed by atoms with Gasteiger partial charge in [-0.15, -0.1) is 0 Å². The summed E-state index contributed by atoms with van der Waals surface area (Å²) >= 11 is 0. The molecular weight excluding hydrogens is 284 g/mol. The number of carbonyl (C=O) groups excluding carboxylic acids is 1. The minimum Gasteiger partial charge on any atom is -0.489 e. The zero-order valence-corrected chi connectivity index (χ0v) is 12.0. The molecule has 2 aromatic rings. The van der Waals surface area contributed by atoms with Crippen LogP contribution in [0.1, 0.15) is 15.9 Å². The number of ether oxygens (including phenoxy) is 2. The van der Waals surface area contributed by atoms with E-state index in [1.165, 1.54) is 0 Å². The lowest BCUT2D eigenvalue weighted by Gasteiger charge is -2.10. The first-order valence-electron chi connectivity index (χ1n) is 6.92. The highest BCUT2D eigenvalue weighted by Gasteiger charge is 2.11. The highest BCUT2D eigenvalue weighted by Crippen LogP contribution is 2.16. The van der Waals surface area contributed by atoms with Crippen LogP contribution in [0.4, 0.5) is 0 Å². The summed E-state index contributed by atoms with van der Waals surface area (Å²) in [7, 11) is 0. The zero-order valence-electron chi connectivity index (χ0n) is 12.0. The van der Waals surface area contributed by atoms with Crippen molar-refractivity contribution in [1.29, 1.82) is 0 Å². The highest BCUT2D eigenvalue weighted by molar-refractivity contribution is 5.89. The molecule has 0 radical (unpaired) electrons. The quantitative estimate of drug-likeness (QED) is 0.762. The highest BCUT2D eigenvalue weighted by atomic mass is 16.5. The van der Waals surface area contributed by atoms with Gasteiger partial charge in [0, 0.05) is 0 Å². The molecule has 0 heterocycles. The molecule has 1 unspecified atom stereocenters. The van der Waals surface area contributed by atoms with Gasteiger partial charge in [-0.3, -0.25) is 0 Å². The van der Waals surface area contributed by atoms with Gasteiger partial charge in [-0.25, -0.2) is 4.79 Å². The third-order valence-corrected chi connectivity index (χ3v) is 2.94. The van der Waals surface area contributed by atoms with Gasteiger partial charge >= 0.3 is 5.97 Å². The van der Waals surface area contributed by atoms with Crippen LogP contribution in [0.2, 0.25) is 0 Å². The van der Waals surface area contributed by atoms with Gasteiger partial charge in [-0.2, -0.15) is 0 Å². The minimum absolute atomic E-state index is 0.246. The lowest BCUT2D eigenvalue weighted by Crippen LogP contribution is -2.21. The van der Waals surface area contributed by atoms with Crippen molar-refractivity contribution in [3.63, 3.8) is 0 Å². The number of aliphatic hydroxyl groups excluding tert-OH is 2. The fourth-order valence-electron chi connectivity index (χ4n) is 1.76. The maximum Gasteiger partial charge on any atom is 0.338 e. The van der Waals surface area contributed by atoms with Crippen LogP contribution in [0.5, 0.6) is 5.75 Å². The zero-order chi connectivity index (χ0) is 15.8. The van der Waals surface area contributed by atoms with Gasteiger partial charge < -0.3 is 19.7 Å². The summed E-state index contributed by atoms with van der Waals surface area (Å²) in [5, 5.41) is 17.8. The second-order valence-corrected chi connectivity index (χ2v) is 4.74. The minimum atomic E-state index is -1.07. The smallest absolute Gasteiger partial charge is 0.338 e. The van der Waals surface area contributed by atoms with Crippen LogP contribution in [0, 0.1) is 0 Å². The van der Waals surface area contributed by atoms with Crippen LogP contribution < -0.4 is 4.74 Å². The molecule has 0 spiro atoms. The standard InChI is InChI=1S/C17H18O5/c18-10-15(19)12-22-17(20)14-7-4-8-16(9-14)21-11-13-5-2-1-3-6-13/h1-9,15,18-19H,10-12H2. The summed E-state index contributed by atoms with van der Waals surface area (Å²) in [6.45, 7) is -0.291. The SMILES string of the molecule is O=C(OCC(O)CO)c1cccc(OCc2ccccc2)c1. The average molecular weight is 302 g/mol. The second-order valence-electron chi connectivity index (χ2n) is 4.74. The Bertz CT molecular complexity index is 597. The van der Waals surface area contributed by atoms with Crippen LogP contribution in [-0.2, 0) is 11.3 Å². The molecule has 0 amide bonds. The molecule has 0 fully saturated rings. The predicted octanol–water partition coefficient (Wildman–Crippen LogP) is 1.78. The third kappa shape index (κ3) is 4.87. The summed E-state index contributed by atoms with van der Waals surface area (Å²) < 4.78 is 10.5. The van der Waals surface area contributed by atoms with Crippen molar-refractivity contribution in [3.8, 4) is 5.75 Å². The molecule has 0 saturated heterocycles. The Hall–Kier alpha value is -2.37. The van der Waals surface area contributed by atoms with Crippen molar-refractivity contribution >= 4 is 5.97 Å². The number of esters is 1. The molecule has 5 heteroatoms. The summed E-state index contributed by atoms with van der Waals surface area (Å²) in [5.74, 6) is -0.0151. The van der Waals surface area contributed by atoms with Crippen LogP contribution >= 0.6 is 0 Å². The van der Waals surface area contributed by atoms with E-state index in [0.29, 0.717) is 17.9 Å². The van der Waals surface area contributed by atoms with E-state index in [0.717, 1.165) is 5.56 Å². The van der Waals surface area contributed by atoms with Crippen LogP contribution in [0.3, 0.4) is 0 Å². The number of rotatable bonds is 7.